The van der Waals surface area contributed by atoms with Crippen molar-refractivity contribution < 1.29 is 5.11 Å². The normalized spacial score (nSPS) is 40.4. The molecule has 0 aromatic carbocycles. The Kier molecular flexibility index (Phi) is 2.23. The first-order chi connectivity index (χ1) is 5.37. The lowest BCUT2D eigenvalue weighted by Crippen LogP contribution is -2.40. The summed E-state index contributed by atoms with van der Waals surface area (Å²) >= 11 is 0. The van der Waals surface area contributed by atoms with Crippen LogP contribution in [0.15, 0.2) is 0 Å². The zero-order valence-corrected chi connectivity index (χ0v) is 8.22. The van der Waals surface area contributed by atoms with Crippen LogP contribution in [0.2, 0.25) is 0 Å². The van der Waals surface area contributed by atoms with Crippen molar-refractivity contribution >= 4 is 0 Å². The van der Waals surface area contributed by atoms with E-state index in [9.17, 15) is 5.11 Å². The van der Waals surface area contributed by atoms with Crippen molar-refractivity contribution in [3.63, 3.8) is 0 Å². The Morgan fingerprint density at radius 3 is 2.42 bits per heavy atom. The lowest BCUT2D eigenvalue weighted by molar-refractivity contribution is -0.0133. The molecule has 0 aromatic heterocycles. The second-order valence-corrected chi connectivity index (χ2v) is 5.03. The molecule has 12 heavy (non-hydrogen) atoms. The van der Waals surface area contributed by atoms with E-state index in [1.807, 2.05) is 0 Å². The van der Waals surface area contributed by atoms with Crippen molar-refractivity contribution in [3.05, 3.63) is 0 Å². The third-order valence-corrected chi connectivity index (χ3v) is 2.63. The van der Waals surface area contributed by atoms with Crippen LogP contribution in [0.25, 0.3) is 0 Å². The number of hydrogen-bond donors (Lipinski definition) is 1. The zero-order valence-electron chi connectivity index (χ0n) is 8.22. The van der Waals surface area contributed by atoms with Crippen LogP contribution in [0.5, 0.6) is 0 Å². The van der Waals surface area contributed by atoms with Gasteiger partial charge in [0.2, 0.25) is 0 Å². The summed E-state index contributed by atoms with van der Waals surface area (Å²) in [4.78, 5) is 0. The third kappa shape index (κ3) is 2.01. The lowest BCUT2D eigenvalue weighted by Gasteiger charge is -2.41. The van der Waals surface area contributed by atoms with Crippen LogP contribution in [-0.4, -0.2) is 10.7 Å². The second kappa shape index (κ2) is 2.78. The SMILES string of the molecule is C#CC1(O)CC(C)CC(C)(C)C1. The van der Waals surface area contributed by atoms with Crippen LogP contribution in [0.1, 0.15) is 40.0 Å². The van der Waals surface area contributed by atoms with Gasteiger partial charge in [-0.2, -0.15) is 0 Å². The Morgan fingerprint density at radius 2 is 2.00 bits per heavy atom. The van der Waals surface area contributed by atoms with E-state index in [0.29, 0.717) is 5.92 Å². The average molecular weight is 166 g/mol. The van der Waals surface area contributed by atoms with E-state index in [-0.39, 0.29) is 5.41 Å². The highest BCUT2D eigenvalue weighted by Crippen LogP contribution is 2.43. The first-order valence-electron chi connectivity index (χ1n) is 4.57. The Bertz CT molecular complexity index is 212. The molecule has 0 amide bonds. The van der Waals surface area contributed by atoms with Gasteiger partial charge in [-0.05, 0) is 30.6 Å². The molecule has 0 spiro atoms. The Balaban J connectivity index is 2.78. The Labute approximate surface area is 75.2 Å². The van der Waals surface area contributed by atoms with Crippen molar-refractivity contribution in [3.8, 4) is 12.3 Å². The molecule has 0 heterocycles. The molecule has 68 valence electrons. The number of hydrogen-bond acceptors (Lipinski definition) is 1. The molecular formula is C11H18O. The van der Waals surface area contributed by atoms with Crippen molar-refractivity contribution in [2.75, 3.05) is 0 Å². The molecule has 0 saturated heterocycles. The van der Waals surface area contributed by atoms with Crippen molar-refractivity contribution in [1.82, 2.24) is 0 Å². The molecule has 0 bridgehead atoms. The molecule has 0 aliphatic heterocycles. The van der Waals surface area contributed by atoms with Gasteiger partial charge < -0.3 is 5.11 Å². The Hall–Kier alpha value is -0.480. The summed E-state index contributed by atoms with van der Waals surface area (Å²) in [6.45, 7) is 6.50. The number of aliphatic hydroxyl groups is 1. The molecule has 1 saturated carbocycles. The molecule has 0 radical (unpaired) electrons. The maximum absolute atomic E-state index is 9.95. The highest BCUT2D eigenvalue weighted by atomic mass is 16.3. The first-order valence-corrected chi connectivity index (χ1v) is 4.57. The highest BCUT2D eigenvalue weighted by molar-refractivity contribution is 5.11. The molecule has 0 aromatic rings. The minimum atomic E-state index is -0.846. The molecule has 1 N–H and O–H groups in total. The summed E-state index contributed by atoms with van der Waals surface area (Å²) < 4.78 is 0. The van der Waals surface area contributed by atoms with Crippen molar-refractivity contribution in [2.24, 2.45) is 11.3 Å². The predicted molar refractivity (Wildman–Crippen MR) is 50.6 cm³/mol. The summed E-state index contributed by atoms with van der Waals surface area (Å²) in [7, 11) is 0. The first kappa shape index (κ1) is 9.61. The van der Waals surface area contributed by atoms with Crippen LogP contribution in [-0.2, 0) is 0 Å². The van der Waals surface area contributed by atoms with Crippen LogP contribution >= 0.6 is 0 Å². The zero-order chi connectivity index (χ0) is 9.41. The largest absolute Gasteiger partial charge is 0.378 e. The maximum atomic E-state index is 9.95. The van der Waals surface area contributed by atoms with E-state index in [4.69, 9.17) is 6.42 Å². The van der Waals surface area contributed by atoms with Gasteiger partial charge in [0.05, 0.1) is 0 Å². The predicted octanol–water partition coefficient (Wildman–Crippen LogP) is 2.20. The molecule has 1 rings (SSSR count). The van der Waals surface area contributed by atoms with Crippen LogP contribution in [0, 0.1) is 23.7 Å². The number of rotatable bonds is 0. The van der Waals surface area contributed by atoms with Gasteiger partial charge in [0, 0.05) is 0 Å². The molecule has 1 fully saturated rings. The fourth-order valence-corrected chi connectivity index (χ4v) is 2.64. The van der Waals surface area contributed by atoms with E-state index in [1.165, 1.54) is 0 Å². The van der Waals surface area contributed by atoms with E-state index in [0.717, 1.165) is 19.3 Å². The summed E-state index contributed by atoms with van der Waals surface area (Å²) in [6.07, 6.45) is 7.98. The fraction of sp³-hybridized carbons (Fsp3) is 0.818. The summed E-state index contributed by atoms with van der Waals surface area (Å²) in [5.74, 6) is 3.06. The van der Waals surface area contributed by atoms with Gasteiger partial charge in [-0.1, -0.05) is 26.7 Å². The number of terminal acetylenes is 1. The monoisotopic (exact) mass is 166 g/mol. The van der Waals surface area contributed by atoms with Crippen molar-refractivity contribution in [1.29, 1.82) is 0 Å². The van der Waals surface area contributed by atoms with E-state index in [2.05, 4.69) is 26.7 Å². The molecule has 1 heteroatoms. The molecule has 2 atom stereocenters. The lowest BCUT2D eigenvalue weighted by atomic mass is 9.66. The van der Waals surface area contributed by atoms with Gasteiger partial charge in [-0.15, -0.1) is 6.42 Å². The highest BCUT2D eigenvalue weighted by Gasteiger charge is 2.40. The molecular weight excluding hydrogens is 148 g/mol. The van der Waals surface area contributed by atoms with E-state index < -0.39 is 5.60 Å². The van der Waals surface area contributed by atoms with E-state index >= 15 is 0 Å². The van der Waals surface area contributed by atoms with Crippen LogP contribution in [0.3, 0.4) is 0 Å². The molecule has 1 aliphatic carbocycles. The summed E-state index contributed by atoms with van der Waals surface area (Å²) in [6, 6.07) is 0. The molecule has 2 unspecified atom stereocenters. The van der Waals surface area contributed by atoms with Crippen LogP contribution < -0.4 is 0 Å². The summed E-state index contributed by atoms with van der Waals surface area (Å²) in [5.41, 5.74) is -0.653. The fourth-order valence-electron chi connectivity index (χ4n) is 2.64. The van der Waals surface area contributed by atoms with Gasteiger partial charge >= 0.3 is 0 Å². The van der Waals surface area contributed by atoms with Gasteiger partial charge in [0.25, 0.3) is 0 Å². The van der Waals surface area contributed by atoms with Gasteiger partial charge in [-0.25, -0.2) is 0 Å². The molecule has 1 aliphatic rings. The van der Waals surface area contributed by atoms with Gasteiger partial charge in [0.1, 0.15) is 5.60 Å². The average Bonchev–Trinajstić information content (AvgIpc) is 1.82. The van der Waals surface area contributed by atoms with Gasteiger partial charge in [-0.3, -0.25) is 0 Å². The smallest absolute Gasteiger partial charge is 0.126 e. The third-order valence-electron chi connectivity index (χ3n) is 2.63. The second-order valence-electron chi connectivity index (χ2n) is 5.03. The van der Waals surface area contributed by atoms with Crippen molar-refractivity contribution in [2.45, 2.75) is 45.6 Å². The minimum absolute atomic E-state index is 0.193. The molecule has 1 nitrogen and oxygen atoms in total. The van der Waals surface area contributed by atoms with Gasteiger partial charge in [0.15, 0.2) is 0 Å². The topological polar surface area (TPSA) is 20.2 Å². The summed E-state index contributed by atoms with van der Waals surface area (Å²) in [5, 5.41) is 9.95. The van der Waals surface area contributed by atoms with E-state index in [1.54, 1.807) is 0 Å². The quantitative estimate of drug-likeness (QED) is 0.547. The maximum Gasteiger partial charge on any atom is 0.126 e. The Morgan fingerprint density at radius 1 is 1.42 bits per heavy atom. The minimum Gasteiger partial charge on any atom is -0.378 e. The standard InChI is InChI=1S/C11H18O/c1-5-11(12)7-9(2)6-10(3,4)8-11/h1,9,12H,6-8H2,2-4H3. The van der Waals surface area contributed by atoms with Crippen LogP contribution in [0.4, 0.5) is 0 Å².